The zero-order chi connectivity index (χ0) is 44.7. The van der Waals surface area contributed by atoms with Gasteiger partial charge in [0, 0.05) is 37.3 Å². The lowest BCUT2D eigenvalue weighted by Crippen LogP contribution is -2.00. The highest BCUT2D eigenvalue weighted by molar-refractivity contribution is 5.94. The minimum Gasteiger partial charge on any atom is -0.463 e. The summed E-state index contributed by atoms with van der Waals surface area (Å²) in [5, 5.41) is 10.0. The molecule has 0 aliphatic heterocycles. The van der Waals surface area contributed by atoms with Crippen LogP contribution in [0.3, 0.4) is 0 Å². The highest BCUT2D eigenvalue weighted by Gasteiger charge is 2.21. The Bertz CT molecular complexity index is 2810. The van der Waals surface area contributed by atoms with Crippen molar-refractivity contribution in [1.29, 1.82) is 0 Å². The normalized spacial score (nSPS) is 11.5. The number of nitrogens with zero attached hydrogens (tertiary/aromatic N) is 12. The van der Waals surface area contributed by atoms with Gasteiger partial charge >= 0.3 is 0 Å². The minimum absolute atomic E-state index is 0.244. The quantitative estimate of drug-likeness (QED) is 0.132. The third-order valence-corrected chi connectivity index (χ3v) is 9.91. The van der Waals surface area contributed by atoms with Gasteiger partial charge in [-0.3, -0.25) is 4.68 Å². The molecule has 8 aromatic heterocycles. The summed E-state index contributed by atoms with van der Waals surface area (Å²) in [5.74, 6) is 8.46. The Morgan fingerprint density at radius 2 is 0.900 bits per heavy atom. The van der Waals surface area contributed by atoms with E-state index in [4.69, 9.17) is 31.9 Å². The van der Waals surface area contributed by atoms with Gasteiger partial charge in [-0.2, -0.15) is 5.10 Å². The van der Waals surface area contributed by atoms with Gasteiger partial charge in [-0.25, -0.2) is 39.9 Å². The predicted octanol–water partition coefficient (Wildman–Crippen LogP) is 7.85. The second kappa shape index (κ2) is 17.4. The van der Waals surface area contributed by atoms with Gasteiger partial charge in [0.25, 0.3) is 0 Å². The summed E-state index contributed by atoms with van der Waals surface area (Å²) < 4.78 is 14.9. The standard InChI is InChI=1S/C12H18N4.C11H15N3O.C10H15N5.C9H12N4O/c1-6(2)11-10-9(7(3)16(11)5)12(13)15-8(4)14-10;1-5(2)10-9-8(6(3)15-10)11(12)14-7(4)13-9;1-5(2)9-7-8(14-15(9)4)10(11)13-6(3)12-7;1-4(2)8-6-7(13-14-8)9(10)12-5(3)11-6/h6H,1-5H3,(H2,13,14,15);5H,1-4H3,(H2,12,13,14);5H,1-4H3,(H2,11,12,13);4H,1-3H3,(H2,10,11,12). The Morgan fingerprint density at radius 3 is 1.42 bits per heavy atom. The largest absolute Gasteiger partial charge is 0.463 e. The third-order valence-electron chi connectivity index (χ3n) is 9.91. The van der Waals surface area contributed by atoms with Crippen molar-refractivity contribution in [1.82, 2.24) is 59.4 Å². The molecule has 8 aromatic rings. The number of rotatable bonds is 4. The zero-order valence-electron chi connectivity index (χ0n) is 37.8. The number of nitrogens with two attached hydrogens (primary N) is 4. The average molecular weight is 821 g/mol. The van der Waals surface area contributed by atoms with Crippen molar-refractivity contribution in [2.75, 3.05) is 22.9 Å². The second-order valence-electron chi connectivity index (χ2n) is 16.2. The second-order valence-corrected chi connectivity index (χ2v) is 16.2. The Hall–Kier alpha value is -6.46. The van der Waals surface area contributed by atoms with Crippen molar-refractivity contribution in [3.63, 3.8) is 0 Å². The third kappa shape index (κ3) is 8.77. The molecule has 0 amide bonds. The summed E-state index contributed by atoms with van der Waals surface area (Å²) in [6.45, 7) is 28.1. The van der Waals surface area contributed by atoms with Crippen LogP contribution in [0.4, 0.5) is 23.3 Å². The molecule has 0 aliphatic carbocycles. The minimum atomic E-state index is 0.244. The number of hydrogen-bond acceptors (Lipinski definition) is 16. The lowest BCUT2D eigenvalue weighted by atomic mass is 10.1. The Balaban J connectivity index is 0.000000152. The number of aryl methyl sites for hydroxylation is 7. The molecule has 0 bridgehead atoms. The van der Waals surface area contributed by atoms with Crippen LogP contribution in [-0.4, -0.2) is 59.4 Å². The molecule has 60 heavy (non-hydrogen) atoms. The number of furan rings is 1. The van der Waals surface area contributed by atoms with Gasteiger partial charge in [0.15, 0.2) is 28.4 Å². The molecule has 0 saturated carbocycles. The van der Waals surface area contributed by atoms with Gasteiger partial charge in [-0.15, -0.1) is 0 Å². The number of hydrogen-bond donors (Lipinski definition) is 4. The van der Waals surface area contributed by atoms with Crippen LogP contribution in [0.15, 0.2) is 8.94 Å². The molecule has 0 aromatic carbocycles. The van der Waals surface area contributed by atoms with E-state index >= 15 is 0 Å². The van der Waals surface area contributed by atoms with Crippen molar-refractivity contribution in [3.8, 4) is 0 Å². The molecule has 0 unspecified atom stereocenters. The van der Waals surface area contributed by atoms with Crippen LogP contribution in [0.5, 0.6) is 0 Å². The highest BCUT2D eigenvalue weighted by atomic mass is 16.5. The molecule has 8 heterocycles. The van der Waals surface area contributed by atoms with Crippen molar-refractivity contribution in [3.05, 3.63) is 57.7 Å². The molecule has 8 rings (SSSR count). The SMILES string of the molecule is Cc1nc(N)c2c(C)n(C)c(C(C)C)c2n1.Cc1nc(N)c2c(C)oc(C(C)C)c2n1.Cc1nc(N)c2nn(C)c(C(C)C)c2n1.Cc1nc(N)c2noc(C(C)C)c2n1. The van der Waals surface area contributed by atoms with Gasteiger partial charge < -0.3 is 36.4 Å². The summed E-state index contributed by atoms with van der Waals surface area (Å²) in [4.78, 5) is 34.1. The maximum Gasteiger partial charge on any atom is 0.174 e. The fourth-order valence-electron chi connectivity index (χ4n) is 7.32. The molecule has 0 spiro atoms. The fraction of sp³-hybridized carbons (Fsp3) is 0.476. The molecule has 18 heteroatoms. The van der Waals surface area contributed by atoms with Gasteiger partial charge in [0.05, 0.1) is 22.0 Å². The Morgan fingerprint density at radius 1 is 0.450 bits per heavy atom. The molecule has 18 nitrogen and oxygen atoms in total. The van der Waals surface area contributed by atoms with Gasteiger partial charge in [-0.05, 0) is 53.4 Å². The van der Waals surface area contributed by atoms with E-state index in [2.05, 4.69) is 110 Å². The summed E-state index contributed by atoms with van der Waals surface area (Å²) in [7, 11) is 3.97. The molecule has 8 N–H and O–H groups in total. The summed E-state index contributed by atoms with van der Waals surface area (Å²) >= 11 is 0. The molecular weight excluding hydrogens is 761 g/mol. The monoisotopic (exact) mass is 821 g/mol. The molecule has 0 saturated heterocycles. The Labute approximate surface area is 350 Å². The maximum atomic E-state index is 5.98. The summed E-state index contributed by atoms with van der Waals surface area (Å²) in [6.07, 6.45) is 0. The first-order chi connectivity index (χ1) is 28.0. The lowest BCUT2D eigenvalue weighted by molar-refractivity contribution is 0.378. The van der Waals surface area contributed by atoms with Crippen LogP contribution >= 0.6 is 0 Å². The first-order valence-corrected chi connectivity index (χ1v) is 20.0. The zero-order valence-corrected chi connectivity index (χ0v) is 37.8. The van der Waals surface area contributed by atoms with Crippen molar-refractivity contribution < 1.29 is 8.94 Å². The van der Waals surface area contributed by atoms with E-state index in [1.807, 2.05) is 53.3 Å². The van der Waals surface area contributed by atoms with E-state index in [0.29, 0.717) is 69.5 Å². The van der Waals surface area contributed by atoms with E-state index in [-0.39, 0.29) is 5.92 Å². The van der Waals surface area contributed by atoms with Crippen LogP contribution in [0.25, 0.3) is 43.9 Å². The molecule has 320 valence electrons. The van der Waals surface area contributed by atoms with Crippen LogP contribution in [0.1, 0.15) is 137 Å². The van der Waals surface area contributed by atoms with Crippen molar-refractivity contribution in [2.45, 2.75) is 121 Å². The van der Waals surface area contributed by atoms with Gasteiger partial charge in [0.1, 0.15) is 63.0 Å². The fourth-order valence-corrected chi connectivity index (χ4v) is 7.32. The number of nitrogen functional groups attached to an aromatic ring is 4. The van der Waals surface area contributed by atoms with Crippen LogP contribution in [-0.2, 0) is 14.1 Å². The molecule has 0 radical (unpaired) electrons. The highest BCUT2D eigenvalue weighted by Crippen LogP contribution is 2.33. The smallest absolute Gasteiger partial charge is 0.174 e. The van der Waals surface area contributed by atoms with Crippen molar-refractivity contribution >= 4 is 67.1 Å². The number of aromatic nitrogens is 12. The van der Waals surface area contributed by atoms with Gasteiger partial charge in [0.2, 0.25) is 0 Å². The lowest BCUT2D eigenvalue weighted by Gasteiger charge is -2.08. The summed E-state index contributed by atoms with van der Waals surface area (Å²) in [6, 6.07) is 0. The van der Waals surface area contributed by atoms with E-state index in [0.717, 1.165) is 67.3 Å². The van der Waals surface area contributed by atoms with Crippen LogP contribution < -0.4 is 22.9 Å². The average Bonchev–Trinajstić information content (AvgIpc) is 3.86. The Kier molecular flexibility index (Phi) is 13.0. The summed E-state index contributed by atoms with van der Waals surface area (Å²) in [5.41, 5.74) is 31.5. The molecule has 0 atom stereocenters. The van der Waals surface area contributed by atoms with Crippen molar-refractivity contribution in [2.24, 2.45) is 14.1 Å². The first kappa shape index (κ1) is 44.6. The maximum absolute atomic E-state index is 5.98. The van der Waals surface area contributed by atoms with Crippen LogP contribution in [0.2, 0.25) is 0 Å². The topological polar surface area (TPSA) is 269 Å². The van der Waals surface area contributed by atoms with Gasteiger partial charge in [-0.1, -0.05) is 60.5 Å². The number of anilines is 4. The van der Waals surface area contributed by atoms with E-state index < -0.39 is 0 Å². The van der Waals surface area contributed by atoms with E-state index in [9.17, 15) is 0 Å². The number of fused-ring (bicyclic) bond motifs is 4. The first-order valence-electron chi connectivity index (χ1n) is 20.0. The predicted molar refractivity (Wildman–Crippen MR) is 239 cm³/mol. The van der Waals surface area contributed by atoms with E-state index in [1.165, 1.54) is 5.69 Å². The molecular formula is C42H60N16O2. The molecule has 0 fully saturated rings. The van der Waals surface area contributed by atoms with Crippen LogP contribution in [0, 0.1) is 41.5 Å². The van der Waals surface area contributed by atoms with E-state index in [1.54, 1.807) is 6.92 Å². The molecule has 0 aliphatic rings.